The fraction of sp³-hybridized carbons (Fsp3) is 0.267. The molecule has 1 aromatic heterocycles. The molecular weight excluding hydrogens is 288 g/mol. The van der Waals surface area contributed by atoms with Crippen LogP contribution in [-0.2, 0) is 13.0 Å². The average Bonchev–Trinajstić information content (AvgIpc) is 2.38. The summed E-state index contributed by atoms with van der Waals surface area (Å²) in [6.45, 7) is 4.13. The van der Waals surface area contributed by atoms with Gasteiger partial charge in [-0.05, 0) is 52.0 Å². The van der Waals surface area contributed by atoms with Crippen LogP contribution in [0.2, 0.25) is 0 Å². The molecule has 18 heavy (non-hydrogen) atoms. The van der Waals surface area contributed by atoms with Gasteiger partial charge in [-0.1, -0.05) is 24.3 Å². The summed E-state index contributed by atoms with van der Waals surface area (Å²) in [5.74, 6) is 1.10. The highest BCUT2D eigenvalue weighted by molar-refractivity contribution is 9.10. The number of fused-ring (bicyclic) bond motifs is 1. The van der Waals surface area contributed by atoms with E-state index in [-0.39, 0.29) is 0 Å². The highest BCUT2D eigenvalue weighted by Gasteiger charge is 2.18. The van der Waals surface area contributed by atoms with Gasteiger partial charge in [-0.25, -0.2) is 4.98 Å². The number of aromatic nitrogens is 1. The Kier molecular flexibility index (Phi) is 3.08. The Balaban J connectivity index is 1.92. The number of hydrogen-bond donors (Lipinski definition) is 0. The molecule has 0 radical (unpaired) electrons. The fourth-order valence-corrected chi connectivity index (χ4v) is 2.99. The van der Waals surface area contributed by atoms with E-state index in [4.69, 9.17) is 0 Å². The van der Waals surface area contributed by atoms with E-state index >= 15 is 0 Å². The molecule has 0 aliphatic carbocycles. The molecule has 3 rings (SSSR count). The molecule has 0 unspecified atom stereocenters. The first-order chi connectivity index (χ1) is 8.74. The third-order valence-corrected chi connectivity index (χ3v) is 3.88. The van der Waals surface area contributed by atoms with Crippen molar-refractivity contribution in [2.24, 2.45) is 0 Å². The van der Waals surface area contributed by atoms with Crippen LogP contribution in [0, 0.1) is 6.92 Å². The maximum atomic E-state index is 4.55. The molecule has 0 fully saturated rings. The van der Waals surface area contributed by atoms with Crippen LogP contribution in [-0.4, -0.2) is 11.5 Å². The minimum Gasteiger partial charge on any atom is -0.352 e. The Morgan fingerprint density at radius 3 is 2.78 bits per heavy atom. The number of rotatable bonds is 1. The van der Waals surface area contributed by atoms with Gasteiger partial charge >= 0.3 is 0 Å². The average molecular weight is 303 g/mol. The minimum absolute atomic E-state index is 0.964. The predicted octanol–water partition coefficient (Wildman–Crippen LogP) is 3.72. The highest BCUT2D eigenvalue weighted by atomic mass is 79.9. The Morgan fingerprint density at radius 1 is 1.22 bits per heavy atom. The molecule has 0 saturated carbocycles. The van der Waals surface area contributed by atoms with E-state index in [0.29, 0.717) is 0 Å². The van der Waals surface area contributed by atoms with Gasteiger partial charge in [0.25, 0.3) is 0 Å². The number of hydrogen-bond acceptors (Lipinski definition) is 2. The van der Waals surface area contributed by atoms with Gasteiger partial charge in [0.05, 0.1) is 0 Å². The van der Waals surface area contributed by atoms with E-state index in [1.807, 2.05) is 6.20 Å². The fourth-order valence-electron chi connectivity index (χ4n) is 2.54. The lowest BCUT2D eigenvalue weighted by Gasteiger charge is -2.30. The third-order valence-electron chi connectivity index (χ3n) is 3.45. The van der Waals surface area contributed by atoms with Gasteiger partial charge in [-0.15, -0.1) is 0 Å². The van der Waals surface area contributed by atoms with Crippen molar-refractivity contribution in [3.8, 4) is 0 Å². The molecule has 1 aliphatic heterocycles. The summed E-state index contributed by atoms with van der Waals surface area (Å²) in [4.78, 5) is 6.92. The van der Waals surface area contributed by atoms with Gasteiger partial charge in [0.15, 0.2) is 0 Å². The molecule has 2 aromatic rings. The van der Waals surface area contributed by atoms with E-state index in [1.165, 1.54) is 16.7 Å². The second-order valence-electron chi connectivity index (χ2n) is 4.73. The monoisotopic (exact) mass is 302 g/mol. The van der Waals surface area contributed by atoms with Crippen LogP contribution in [0.4, 0.5) is 5.82 Å². The maximum absolute atomic E-state index is 4.55. The second kappa shape index (κ2) is 4.73. The summed E-state index contributed by atoms with van der Waals surface area (Å²) in [7, 11) is 0. The molecule has 0 spiro atoms. The number of pyridine rings is 1. The number of aryl methyl sites for hydroxylation is 1. The summed E-state index contributed by atoms with van der Waals surface area (Å²) < 4.78 is 1.04. The second-order valence-corrected chi connectivity index (χ2v) is 5.65. The molecule has 0 atom stereocenters. The molecular formula is C15H15BrN2. The maximum Gasteiger partial charge on any atom is 0.131 e. The summed E-state index contributed by atoms with van der Waals surface area (Å²) in [6, 6.07) is 10.8. The quantitative estimate of drug-likeness (QED) is 0.798. The van der Waals surface area contributed by atoms with Crippen molar-refractivity contribution in [1.29, 1.82) is 0 Å². The van der Waals surface area contributed by atoms with Crippen LogP contribution in [0.3, 0.4) is 0 Å². The van der Waals surface area contributed by atoms with Gasteiger partial charge in [0.2, 0.25) is 0 Å². The standard InChI is InChI=1S/C15H15BrN2/c1-11-8-14(16)9-17-15(11)18-7-6-12-4-2-3-5-13(12)10-18/h2-5,8-9H,6-7,10H2,1H3. The molecule has 1 aliphatic rings. The predicted molar refractivity (Wildman–Crippen MR) is 77.9 cm³/mol. The van der Waals surface area contributed by atoms with Gasteiger partial charge in [-0.3, -0.25) is 0 Å². The first-order valence-corrected chi connectivity index (χ1v) is 6.97. The van der Waals surface area contributed by atoms with Crippen LogP contribution in [0.1, 0.15) is 16.7 Å². The van der Waals surface area contributed by atoms with Crippen molar-refractivity contribution < 1.29 is 0 Å². The summed E-state index contributed by atoms with van der Waals surface area (Å²) in [5, 5.41) is 0. The Bertz CT molecular complexity index is 580. The Hall–Kier alpha value is -1.35. The molecule has 0 bridgehead atoms. The lowest BCUT2D eigenvalue weighted by Crippen LogP contribution is -2.31. The molecule has 3 heteroatoms. The molecule has 0 N–H and O–H groups in total. The minimum atomic E-state index is 0.964. The summed E-state index contributed by atoms with van der Waals surface area (Å²) in [6.07, 6.45) is 2.98. The topological polar surface area (TPSA) is 16.1 Å². The third kappa shape index (κ3) is 2.15. The molecule has 1 aromatic carbocycles. The van der Waals surface area contributed by atoms with Crippen LogP contribution in [0.15, 0.2) is 41.0 Å². The normalized spacial score (nSPS) is 14.4. The van der Waals surface area contributed by atoms with Crippen molar-refractivity contribution in [3.63, 3.8) is 0 Å². The van der Waals surface area contributed by atoms with E-state index < -0.39 is 0 Å². The van der Waals surface area contributed by atoms with Crippen molar-refractivity contribution >= 4 is 21.7 Å². The number of halogens is 1. The van der Waals surface area contributed by atoms with Crippen molar-refractivity contribution in [2.75, 3.05) is 11.4 Å². The number of anilines is 1. The first-order valence-electron chi connectivity index (χ1n) is 6.18. The van der Waals surface area contributed by atoms with Crippen LogP contribution in [0.25, 0.3) is 0 Å². The van der Waals surface area contributed by atoms with E-state index in [1.54, 1.807) is 0 Å². The Morgan fingerprint density at radius 2 is 2.00 bits per heavy atom. The van der Waals surface area contributed by atoms with Crippen molar-refractivity contribution in [2.45, 2.75) is 19.9 Å². The molecule has 2 nitrogen and oxygen atoms in total. The largest absolute Gasteiger partial charge is 0.352 e. The van der Waals surface area contributed by atoms with Gasteiger partial charge < -0.3 is 4.90 Å². The zero-order valence-electron chi connectivity index (χ0n) is 10.4. The molecule has 2 heterocycles. The zero-order chi connectivity index (χ0) is 12.5. The molecule has 0 saturated heterocycles. The molecule has 0 amide bonds. The zero-order valence-corrected chi connectivity index (χ0v) is 11.9. The van der Waals surface area contributed by atoms with E-state index in [9.17, 15) is 0 Å². The van der Waals surface area contributed by atoms with Gasteiger partial charge in [0, 0.05) is 23.8 Å². The van der Waals surface area contributed by atoms with Crippen LogP contribution in [0.5, 0.6) is 0 Å². The number of benzene rings is 1. The summed E-state index contributed by atoms with van der Waals surface area (Å²) in [5.41, 5.74) is 4.13. The number of nitrogens with zero attached hydrogens (tertiary/aromatic N) is 2. The van der Waals surface area contributed by atoms with Crippen molar-refractivity contribution in [3.05, 3.63) is 57.7 Å². The smallest absolute Gasteiger partial charge is 0.131 e. The lowest BCUT2D eigenvalue weighted by molar-refractivity contribution is 0.718. The van der Waals surface area contributed by atoms with Gasteiger partial charge in [-0.2, -0.15) is 0 Å². The van der Waals surface area contributed by atoms with E-state index in [0.717, 1.165) is 29.8 Å². The van der Waals surface area contributed by atoms with E-state index in [2.05, 4.69) is 63.1 Å². The highest BCUT2D eigenvalue weighted by Crippen LogP contribution is 2.26. The molecule has 92 valence electrons. The van der Waals surface area contributed by atoms with Gasteiger partial charge in [0.1, 0.15) is 5.82 Å². The SMILES string of the molecule is Cc1cc(Br)cnc1N1CCc2ccccc2C1. The van der Waals surface area contributed by atoms with Crippen molar-refractivity contribution in [1.82, 2.24) is 4.98 Å². The lowest BCUT2D eigenvalue weighted by atomic mass is 10.00. The van der Waals surface area contributed by atoms with Crippen LogP contribution >= 0.6 is 15.9 Å². The Labute approximate surface area is 116 Å². The summed E-state index contributed by atoms with van der Waals surface area (Å²) >= 11 is 3.47. The van der Waals surface area contributed by atoms with Crippen LogP contribution < -0.4 is 4.90 Å². The first kappa shape index (κ1) is 11.7.